The minimum Gasteiger partial charge on any atom is -0.481 e. The average molecular weight is 559 g/mol. The minimum atomic E-state index is -0.888. The lowest BCUT2D eigenvalue weighted by Crippen LogP contribution is -2.46. The van der Waals surface area contributed by atoms with E-state index >= 15 is 0 Å². The highest BCUT2D eigenvalue weighted by Crippen LogP contribution is 2.43. The van der Waals surface area contributed by atoms with E-state index in [4.69, 9.17) is 15.2 Å². The third kappa shape index (κ3) is 7.07. The summed E-state index contributed by atoms with van der Waals surface area (Å²) in [5, 5.41) is 10.5. The number of carboxylic acid groups (broad SMARTS) is 1. The standard InChI is InChI=1S/C30H46N4O6/c1-4-5-12-32(13-7-6-11-31)27(36)18-34-17-22(21-8-9-24-25(15-21)40-20-39-24)28(29(37)38)23(34)10-14-33-19-30(2,3)16-26(33)35/h8-9,15,22-23,28H,4-7,10-14,16-20,31H2,1-3H3,(H,37,38)/t22-,23+,28?/m1/s1. The second-order valence-corrected chi connectivity index (χ2v) is 12.3. The number of amides is 2. The van der Waals surface area contributed by atoms with Crippen LogP contribution in [-0.2, 0) is 14.4 Å². The molecule has 2 fully saturated rings. The van der Waals surface area contributed by atoms with Crippen LogP contribution in [0.4, 0.5) is 0 Å². The van der Waals surface area contributed by atoms with Gasteiger partial charge < -0.3 is 30.1 Å². The number of rotatable bonds is 14. The number of aliphatic carboxylic acids is 1. The summed E-state index contributed by atoms with van der Waals surface area (Å²) >= 11 is 0. The SMILES string of the molecule is CCCCN(CCCCN)C(=O)CN1C[C@H](c2ccc3c(c2)OCO3)C(C(=O)O)[C@@H]1CCN1CC(C)(C)CC1=O. The van der Waals surface area contributed by atoms with Crippen molar-refractivity contribution in [1.29, 1.82) is 0 Å². The number of benzene rings is 1. The van der Waals surface area contributed by atoms with Gasteiger partial charge in [0.15, 0.2) is 11.5 Å². The predicted octanol–water partition coefficient (Wildman–Crippen LogP) is 2.90. The molecule has 1 unspecified atom stereocenters. The molecular formula is C30H46N4O6. The molecule has 3 heterocycles. The Bertz CT molecular complexity index is 1060. The largest absolute Gasteiger partial charge is 0.481 e. The van der Waals surface area contributed by atoms with Crippen LogP contribution >= 0.6 is 0 Å². The van der Waals surface area contributed by atoms with Crippen molar-refractivity contribution in [3.63, 3.8) is 0 Å². The fourth-order valence-corrected chi connectivity index (χ4v) is 6.44. The summed E-state index contributed by atoms with van der Waals surface area (Å²) in [4.78, 5) is 44.9. The molecule has 0 bridgehead atoms. The van der Waals surface area contributed by atoms with Crippen LogP contribution in [0.3, 0.4) is 0 Å². The number of hydrogen-bond acceptors (Lipinski definition) is 7. The van der Waals surface area contributed by atoms with E-state index in [2.05, 4.69) is 20.8 Å². The van der Waals surface area contributed by atoms with Crippen molar-refractivity contribution < 1.29 is 29.0 Å². The minimum absolute atomic E-state index is 0.0179. The molecule has 222 valence electrons. The average Bonchev–Trinajstić information content (AvgIpc) is 3.58. The van der Waals surface area contributed by atoms with Gasteiger partial charge >= 0.3 is 5.97 Å². The normalized spacial score (nSPS) is 23.6. The maximum atomic E-state index is 13.6. The molecule has 0 spiro atoms. The van der Waals surface area contributed by atoms with Crippen LogP contribution in [0, 0.1) is 11.3 Å². The number of ether oxygens (including phenoxy) is 2. The van der Waals surface area contributed by atoms with E-state index in [9.17, 15) is 19.5 Å². The van der Waals surface area contributed by atoms with Crippen molar-refractivity contribution in [3.8, 4) is 11.5 Å². The van der Waals surface area contributed by atoms with Crippen LogP contribution < -0.4 is 15.2 Å². The van der Waals surface area contributed by atoms with E-state index in [1.54, 1.807) is 0 Å². The number of carboxylic acids is 1. The molecule has 0 aromatic heterocycles. The Hall–Kier alpha value is -2.85. The highest BCUT2D eigenvalue weighted by molar-refractivity contribution is 5.80. The zero-order valence-electron chi connectivity index (χ0n) is 24.3. The first-order valence-electron chi connectivity index (χ1n) is 14.8. The molecule has 10 heteroatoms. The van der Waals surface area contributed by atoms with Gasteiger partial charge in [0.2, 0.25) is 18.6 Å². The van der Waals surface area contributed by atoms with Crippen LogP contribution in [0.15, 0.2) is 18.2 Å². The molecule has 0 saturated carbocycles. The summed E-state index contributed by atoms with van der Waals surface area (Å²) < 4.78 is 11.0. The summed E-state index contributed by atoms with van der Waals surface area (Å²) in [5.41, 5.74) is 6.46. The van der Waals surface area contributed by atoms with Gasteiger partial charge in [-0.15, -0.1) is 0 Å². The Labute approximate surface area is 237 Å². The zero-order chi connectivity index (χ0) is 28.9. The van der Waals surface area contributed by atoms with Crippen molar-refractivity contribution in [1.82, 2.24) is 14.7 Å². The third-order valence-corrected chi connectivity index (χ3v) is 8.51. The fourth-order valence-electron chi connectivity index (χ4n) is 6.44. The van der Waals surface area contributed by atoms with Crippen molar-refractivity contribution in [2.24, 2.45) is 17.1 Å². The summed E-state index contributed by atoms with van der Waals surface area (Å²) in [7, 11) is 0. The number of nitrogens with zero attached hydrogens (tertiary/aromatic N) is 3. The van der Waals surface area contributed by atoms with E-state index in [1.165, 1.54) is 0 Å². The van der Waals surface area contributed by atoms with Gasteiger partial charge in [0, 0.05) is 51.1 Å². The van der Waals surface area contributed by atoms with Gasteiger partial charge in [-0.2, -0.15) is 0 Å². The van der Waals surface area contributed by atoms with Crippen molar-refractivity contribution in [2.45, 2.75) is 71.3 Å². The smallest absolute Gasteiger partial charge is 0.308 e. The summed E-state index contributed by atoms with van der Waals surface area (Å²) in [5.74, 6) is -0.544. The van der Waals surface area contributed by atoms with E-state index in [1.807, 2.05) is 32.9 Å². The lowest BCUT2D eigenvalue weighted by atomic mass is 9.84. The van der Waals surface area contributed by atoms with Crippen LogP contribution in [0.5, 0.6) is 11.5 Å². The third-order valence-electron chi connectivity index (χ3n) is 8.51. The van der Waals surface area contributed by atoms with Gasteiger partial charge in [-0.05, 0) is 55.3 Å². The van der Waals surface area contributed by atoms with E-state index in [0.29, 0.717) is 63.6 Å². The highest BCUT2D eigenvalue weighted by Gasteiger charge is 2.48. The Kier molecular flexibility index (Phi) is 9.94. The van der Waals surface area contributed by atoms with Gasteiger partial charge in [0.05, 0.1) is 12.5 Å². The molecule has 1 aromatic rings. The molecule has 0 radical (unpaired) electrons. The maximum Gasteiger partial charge on any atom is 0.308 e. The van der Waals surface area contributed by atoms with Crippen molar-refractivity contribution >= 4 is 17.8 Å². The molecular weight excluding hydrogens is 512 g/mol. The van der Waals surface area contributed by atoms with Gasteiger partial charge in [0.25, 0.3) is 0 Å². The number of hydrogen-bond donors (Lipinski definition) is 2. The van der Waals surface area contributed by atoms with Gasteiger partial charge in [-0.25, -0.2) is 0 Å². The first-order valence-corrected chi connectivity index (χ1v) is 14.8. The molecule has 10 nitrogen and oxygen atoms in total. The summed E-state index contributed by atoms with van der Waals surface area (Å²) in [6, 6.07) is 5.22. The second-order valence-electron chi connectivity index (χ2n) is 12.3. The Morgan fingerprint density at radius 1 is 1.15 bits per heavy atom. The molecule has 2 saturated heterocycles. The molecule has 3 aliphatic heterocycles. The van der Waals surface area contributed by atoms with Gasteiger partial charge in [-0.1, -0.05) is 33.3 Å². The molecule has 3 aliphatic rings. The first kappa shape index (κ1) is 30.1. The molecule has 1 aromatic carbocycles. The number of fused-ring (bicyclic) bond motifs is 1. The Balaban J connectivity index is 1.57. The molecule has 3 atom stereocenters. The summed E-state index contributed by atoms with van der Waals surface area (Å²) in [6.45, 7) is 10.1. The second kappa shape index (κ2) is 13.2. The fraction of sp³-hybridized carbons (Fsp3) is 0.700. The number of nitrogens with two attached hydrogens (primary N) is 1. The molecule has 40 heavy (non-hydrogen) atoms. The Morgan fingerprint density at radius 2 is 1.90 bits per heavy atom. The molecule has 2 amide bonds. The lowest BCUT2D eigenvalue weighted by Gasteiger charge is -2.31. The van der Waals surface area contributed by atoms with Gasteiger partial charge in [-0.3, -0.25) is 19.3 Å². The van der Waals surface area contributed by atoms with Gasteiger partial charge in [0.1, 0.15) is 0 Å². The predicted molar refractivity (Wildman–Crippen MR) is 151 cm³/mol. The Morgan fingerprint density at radius 3 is 2.58 bits per heavy atom. The van der Waals surface area contributed by atoms with Crippen LogP contribution in [0.25, 0.3) is 0 Å². The number of unbranched alkanes of at least 4 members (excludes halogenated alkanes) is 2. The van der Waals surface area contributed by atoms with Crippen LogP contribution in [0.1, 0.15) is 70.8 Å². The topological polar surface area (TPSA) is 126 Å². The summed E-state index contributed by atoms with van der Waals surface area (Å²) in [6.07, 6.45) is 4.60. The maximum absolute atomic E-state index is 13.6. The van der Waals surface area contributed by atoms with E-state index in [0.717, 1.165) is 31.2 Å². The lowest BCUT2D eigenvalue weighted by molar-refractivity contribution is -0.144. The number of carbonyl (C=O) groups excluding carboxylic acids is 2. The van der Waals surface area contributed by atoms with Crippen molar-refractivity contribution in [2.75, 3.05) is 52.6 Å². The monoisotopic (exact) mass is 558 g/mol. The molecule has 0 aliphatic carbocycles. The van der Waals surface area contributed by atoms with E-state index in [-0.39, 0.29) is 42.5 Å². The number of likely N-dealkylation sites (tertiary alicyclic amines) is 2. The zero-order valence-corrected chi connectivity index (χ0v) is 24.3. The molecule has 3 N–H and O–H groups in total. The highest BCUT2D eigenvalue weighted by atomic mass is 16.7. The quantitative estimate of drug-likeness (QED) is 0.334. The number of carbonyl (C=O) groups is 3. The molecule has 4 rings (SSSR count). The van der Waals surface area contributed by atoms with Crippen LogP contribution in [0.2, 0.25) is 0 Å². The van der Waals surface area contributed by atoms with Crippen molar-refractivity contribution in [3.05, 3.63) is 23.8 Å². The van der Waals surface area contributed by atoms with Crippen LogP contribution in [-0.4, -0.2) is 96.2 Å². The first-order chi connectivity index (χ1) is 19.1. The van der Waals surface area contributed by atoms with E-state index < -0.39 is 11.9 Å².